The summed E-state index contributed by atoms with van der Waals surface area (Å²) in [7, 11) is 0. The molecule has 0 radical (unpaired) electrons. The van der Waals surface area contributed by atoms with E-state index in [9.17, 15) is 0 Å². The molecule has 60 heavy (non-hydrogen) atoms. The van der Waals surface area contributed by atoms with E-state index in [1.165, 1.54) is 11.6 Å². The smallest absolute Gasteiger partial charge is 0.309 e. The number of aryl methyl sites for hydroxylation is 4. The van der Waals surface area contributed by atoms with E-state index < -0.39 is 11.7 Å². The fraction of sp³-hybridized carbons (Fsp3) is 0.0926. The van der Waals surface area contributed by atoms with Crippen molar-refractivity contribution in [3.8, 4) is 44.8 Å². The highest BCUT2D eigenvalue weighted by molar-refractivity contribution is 6.12. The van der Waals surface area contributed by atoms with Gasteiger partial charge in [-0.15, -0.1) is 0 Å². The largest absolute Gasteiger partial charge is 0.418 e. The van der Waals surface area contributed by atoms with Crippen molar-refractivity contribution in [1.29, 1.82) is 0 Å². The lowest BCUT2D eigenvalue weighted by atomic mass is 9.97. The van der Waals surface area contributed by atoms with Gasteiger partial charge in [-0.05, 0) is 121 Å². The number of hydrogen-bond donors (Lipinski definition) is 0. The summed E-state index contributed by atoms with van der Waals surface area (Å²) < 4.78 is 51.6. The summed E-state index contributed by atoms with van der Waals surface area (Å²) in [6.07, 6.45) is -4.73. The van der Waals surface area contributed by atoms with E-state index in [0.717, 1.165) is 71.5 Å². The molecule has 0 atom stereocenters. The molecular weight excluding hydrogens is 748 g/mol. The number of hydrogen-bond acceptors (Lipinski definition) is 0. The molecule has 0 fully saturated rings. The Bertz CT molecular complexity index is 3430. The molecule has 0 unspecified atom stereocenters. The Kier molecular flexibility index (Phi) is 8.55. The van der Waals surface area contributed by atoms with Crippen molar-refractivity contribution < 1.29 is 13.2 Å². The van der Waals surface area contributed by atoms with Crippen molar-refractivity contribution in [3.63, 3.8) is 0 Å². The Morgan fingerprint density at radius 3 is 1.45 bits per heavy atom. The van der Waals surface area contributed by atoms with E-state index in [1.54, 1.807) is 28.8 Å². The second kappa shape index (κ2) is 13.9. The highest BCUT2D eigenvalue weighted by Gasteiger charge is 2.37. The van der Waals surface area contributed by atoms with Gasteiger partial charge in [0, 0.05) is 27.1 Å². The average Bonchev–Trinajstić information content (AvgIpc) is 3.75. The number of alkyl halides is 3. The molecule has 2 heterocycles. The van der Waals surface area contributed by atoms with Crippen LogP contribution in [0.25, 0.3) is 93.2 Å². The van der Waals surface area contributed by atoms with Crippen LogP contribution in [0.4, 0.5) is 18.9 Å². The van der Waals surface area contributed by atoms with Crippen LogP contribution >= 0.6 is 0 Å². The van der Waals surface area contributed by atoms with Crippen molar-refractivity contribution in [2.75, 3.05) is 0 Å². The number of fused-ring (bicyclic) bond motifs is 6. The van der Waals surface area contributed by atoms with Crippen LogP contribution in [0.5, 0.6) is 0 Å². The van der Waals surface area contributed by atoms with E-state index in [4.69, 9.17) is 6.57 Å². The first-order valence-electron chi connectivity index (χ1n) is 19.9. The number of rotatable bonds is 5. The molecule has 0 aliphatic heterocycles. The zero-order chi connectivity index (χ0) is 41.4. The molecular formula is C54H38F3N3. The Hall–Kier alpha value is -7.36. The molecule has 6 heteroatoms. The van der Waals surface area contributed by atoms with E-state index in [2.05, 4.69) is 87.1 Å². The van der Waals surface area contributed by atoms with Crippen molar-refractivity contribution in [2.24, 2.45) is 0 Å². The van der Waals surface area contributed by atoms with Gasteiger partial charge in [0.25, 0.3) is 0 Å². The van der Waals surface area contributed by atoms with Crippen molar-refractivity contribution in [2.45, 2.75) is 33.9 Å². The lowest BCUT2D eigenvalue weighted by molar-refractivity contribution is -0.137. The van der Waals surface area contributed by atoms with Crippen molar-refractivity contribution in [1.82, 2.24) is 9.13 Å². The summed E-state index contributed by atoms with van der Waals surface area (Å²) in [5.74, 6) is 0. The monoisotopic (exact) mass is 785 g/mol. The fourth-order valence-electron chi connectivity index (χ4n) is 9.22. The third-order valence-corrected chi connectivity index (χ3v) is 11.9. The topological polar surface area (TPSA) is 14.2 Å². The maximum atomic E-state index is 15.9. The van der Waals surface area contributed by atoms with Crippen LogP contribution in [0.2, 0.25) is 0 Å². The van der Waals surface area contributed by atoms with Gasteiger partial charge in [-0.25, -0.2) is 4.85 Å². The minimum Gasteiger partial charge on any atom is -0.309 e. The molecule has 0 aliphatic carbocycles. The molecule has 0 saturated carbocycles. The molecule has 0 aliphatic rings. The van der Waals surface area contributed by atoms with E-state index in [-0.39, 0.29) is 5.69 Å². The van der Waals surface area contributed by atoms with Gasteiger partial charge in [-0.1, -0.05) is 114 Å². The van der Waals surface area contributed by atoms with Crippen LogP contribution in [0.15, 0.2) is 158 Å². The summed E-state index contributed by atoms with van der Waals surface area (Å²) in [4.78, 5) is 3.71. The normalized spacial score (nSPS) is 11.9. The highest BCUT2D eigenvalue weighted by atomic mass is 19.4. The second-order valence-corrected chi connectivity index (χ2v) is 15.9. The predicted molar refractivity (Wildman–Crippen MR) is 242 cm³/mol. The van der Waals surface area contributed by atoms with Gasteiger partial charge in [0.2, 0.25) is 0 Å². The fourth-order valence-corrected chi connectivity index (χ4v) is 9.22. The van der Waals surface area contributed by atoms with Crippen LogP contribution in [0.1, 0.15) is 27.8 Å². The van der Waals surface area contributed by atoms with Crippen molar-refractivity contribution in [3.05, 3.63) is 197 Å². The maximum absolute atomic E-state index is 15.9. The predicted octanol–water partition coefficient (Wildman–Crippen LogP) is 15.7. The molecule has 2 aromatic heterocycles. The number of halogens is 3. The van der Waals surface area contributed by atoms with Crippen LogP contribution in [-0.4, -0.2) is 9.13 Å². The molecule has 0 amide bonds. The summed E-state index contributed by atoms with van der Waals surface area (Å²) >= 11 is 0. The second-order valence-electron chi connectivity index (χ2n) is 15.9. The summed E-state index contributed by atoms with van der Waals surface area (Å²) in [5.41, 5.74) is 13.0. The third-order valence-electron chi connectivity index (χ3n) is 11.9. The van der Waals surface area contributed by atoms with E-state index >= 15 is 13.2 Å². The van der Waals surface area contributed by atoms with Gasteiger partial charge < -0.3 is 9.13 Å². The minimum atomic E-state index is -4.73. The summed E-state index contributed by atoms with van der Waals surface area (Å²) in [6, 6.07) is 50.7. The van der Waals surface area contributed by atoms with Gasteiger partial charge in [-0.3, -0.25) is 0 Å². The lowest BCUT2D eigenvalue weighted by Crippen LogP contribution is -2.13. The average molecular weight is 786 g/mol. The molecule has 0 saturated heterocycles. The first-order valence-corrected chi connectivity index (χ1v) is 19.9. The molecule has 10 rings (SSSR count). The van der Waals surface area contributed by atoms with E-state index in [0.29, 0.717) is 33.5 Å². The third kappa shape index (κ3) is 5.96. The Morgan fingerprint density at radius 1 is 0.433 bits per heavy atom. The molecule has 3 nitrogen and oxygen atoms in total. The van der Waals surface area contributed by atoms with Crippen LogP contribution in [-0.2, 0) is 6.18 Å². The zero-order valence-electron chi connectivity index (χ0n) is 33.5. The Balaban J connectivity index is 1.29. The van der Waals surface area contributed by atoms with Gasteiger partial charge in [0.15, 0.2) is 5.69 Å². The molecule has 290 valence electrons. The molecule has 8 aromatic carbocycles. The molecule has 10 aromatic rings. The van der Waals surface area contributed by atoms with Gasteiger partial charge >= 0.3 is 6.18 Å². The summed E-state index contributed by atoms with van der Waals surface area (Å²) in [5, 5.41) is 3.58. The Labute approximate surface area is 346 Å². The number of para-hydroxylation sites is 2. The molecule has 0 N–H and O–H groups in total. The molecule has 0 spiro atoms. The van der Waals surface area contributed by atoms with Crippen LogP contribution in [0, 0.1) is 34.3 Å². The van der Waals surface area contributed by atoms with Crippen LogP contribution in [0.3, 0.4) is 0 Å². The summed E-state index contributed by atoms with van der Waals surface area (Å²) in [6.45, 7) is 16.2. The number of benzene rings is 8. The maximum Gasteiger partial charge on any atom is 0.418 e. The van der Waals surface area contributed by atoms with Crippen LogP contribution < -0.4 is 0 Å². The standard InChI is InChI=1S/C54H38F3N3/c1-32-17-21-40(34(3)25-32)37-19-23-50-45(28-37)42-13-6-8-15-48(42)59(50)52-31-47(54(55,56)57)53(30-44(52)36-11-10-12-39(27-36)58-5)60-49-16-9-7-14-43(49)46-29-38(20-24-51(46)60)41-22-18-33(2)26-35(41)4/h6-31H,1-4H3. The number of nitrogens with zero attached hydrogens (tertiary/aromatic N) is 3. The lowest BCUT2D eigenvalue weighted by Gasteiger charge is -2.22. The first-order chi connectivity index (χ1) is 29.0. The SMILES string of the molecule is [C-]#[N+]c1cccc(-c2cc(-n3c4ccccc4c4cc(-c5ccc(C)cc5C)ccc43)c(C(F)(F)F)cc2-n2c3ccccc3c3cc(-c4ccc(C)cc4C)ccc32)c1. The van der Waals surface area contributed by atoms with Gasteiger partial charge in [-0.2, -0.15) is 13.2 Å². The number of aromatic nitrogens is 2. The first kappa shape index (κ1) is 36.9. The quantitative estimate of drug-likeness (QED) is 0.154. The molecule has 0 bridgehead atoms. The van der Waals surface area contributed by atoms with Gasteiger partial charge in [0.05, 0.1) is 45.6 Å². The highest BCUT2D eigenvalue weighted by Crippen LogP contribution is 2.46. The van der Waals surface area contributed by atoms with Crippen molar-refractivity contribution >= 4 is 49.3 Å². The van der Waals surface area contributed by atoms with E-state index in [1.807, 2.05) is 77.4 Å². The minimum absolute atomic E-state index is 0.0119. The Morgan fingerprint density at radius 2 is 0.933 bits per heavy atom. The zero-order valence-corrected chi connectivity index (χ0v) is 33.5. The van der Waals surface area contributed by atoms with Gasteiger partial charge in [0.1, 0.15) is 0 Å².